The number of primary amides is 1. The van der Waals surface area contributed by atoms with Crippen LogP contribution in [0.1, 0.15) is 5.56 Å². The largest absolute Gasteiger partial charge is 0.484 e. The Kier molecular flexibility index (Phi) is 6.14. The molecule has 0 atom stereocenters. The average Bonchev–Trinajstić information content (AvgIpc) is 3.09. The Bertz CT molecular complexity index is 1140. The molecule has 0 radical (unpaired) electrons. The van der Waals surface area contributed by atoms with Gasteiger partial charge >= 0.3 is 0 Å². The molecule has 0 saturated carbocycles. The molecule has 7 heteroatoms. The Hall–Kier alpha value is -3.84. The minimum absolute atomic E-state index is 0.139. The van der Waals surface area contributed by atoms with Gasteiger partial charge in [-0.05, 0) is 59.8 Å². The van der Waals surface area contributed by atoms with E-state index >= 15 is 0 Å². The van der Waals surface area contributed by atoms with E-state index in [1.165, 1.54) is 11.8 Å². The minimum atomic E-state index is -0.537. The molecule has 1 aliphatic heterocycles. The monoisotopic (exact) mass is 429 g/mol. The first-order chi connectivity index (χ1) is 15.1. The van der Waals surface area contributed by atoms with E-state index in [9.17, 15) is 9.59 Å². The zero-order valence-electron chi connectivity index (χ0n) is 16.5. The van der Waals surface area contributed by atoms with Gasteiger partial charge in [0.1, 0.15) is 5.75 Å². The van der Waals surface area contributed by atoms with Crippen molar-refractivity contribution >= 4 is 46.2 Å². The molecule has 0 aromatic heterocycles. The third-order valence-electron chi connectivity index (χ3n) is 4.36. The third kappa shape index (κ3) is 5.02. The maximum absolute atomic E-state index is 13.2. The van der Waals surface area contributed by atoms with Gasteiger partial charge in [-0.1, -0.05) is 48.5 Å². The molecule has 1 heterocycles. The number of thioether (sulfide) groups is 1. The van der Waals surface area contributed by atoms with Crippen LogP contribution in [-0.4, -0.2) is 23.6 Å². The lowest BCUT2D eigenvalue weighted by Crippen LogP contribution is -2.28. The summed E-state index contributed by atoms with van der Waals surface area (Å²) >= 11 is 1.32. The molecule has 1 aliphatic rings. The number of amides is 2. The normalized spacial score (nSPS) is 16.1. The van der Waals surface area contributed by atoms with Crippen LogP contribution < -0.4 is 15.4 Å². The van der Waals surface area contributed by atoms with Crippen LogP contribution in [-0.2, 0) is 9.59 Å². The highest BCUT2D eigenvalue weighted by atomic mass is 32.2. The summed E-state index contributed by atoms with van der Waals surface area (Å²) < 4.78 is 5.28. The summed E-state index contributed by atoms with van der Waals surface area (Å²) in [5, 5.41) is 0.593. The molecule has 3 aromatic carbocycles. The average molecular weight is 430 g/mol. The number of benzene rings is 3. The van der Waals surface area contributed by atoms with Crippen molar-refractivity contribution in [2.45, 2.75) is 0 Å². The van der Waals surface area contributed by atoms with E-state index in [0.29, 0.717) is 15.8 Å². The lowest BCUT2D eigenvalue weighted by Gasteiger charge is -2.15. The van der Waals surface area contributed by atoms with Gasteiger partial charge in [0.15, 0.2) is 11.8 Å². The van der Waals surface area contributed by atoms with Crippen LogP contribution in [0.3, 0.4) is 0 Å². The lowest BCUT2D eigenvalue weighted by atomic mass is 10.2. The molecule has 2 N–H and O–H groups in total. The molecule has 0 aliphatic carbocycles. The summed E-state index contributed by atoms with van der Waals surface area (Å²) in [5.41, 5.74) is 7.46. The number of carbonyl (C=O) groups is 2. The number of aliphatic imine (C=N–C) groups is 1. The fourth-order valence-electron chi connectivity index (χ4n) is 2.93. The fourth-order valence-corrected chi connectivity index (χ4v) is 3.93. The Labute approximate surface area is 184 Å². The molecule has 2 amide bonds. The first kappa shape index (κ1) is 20.4. The number of nitrogens with zero attached hydrogens (tertiary/aromatic N) is 2. The second kappa shape index (κ2) is 9.32. The van der Waals surface area contributed by atoms with Gasteiger partial charge in [-0.3, -0.25) is 14.5 Å². The molecular formula is C24H19N3O3S. The van der Waals surface area contributed by atoms with E-state index in [0.717, 1.165) is 16.9 Å². The van der Waals surface area contributed by atoms with Crippen molar-refractivity contribution < 1.29 is 14.3 Å². The number of hydrogen-bond acceptors (Lipinski definition) is 5. The quantitative estimate of drug-likeness (QED) is 0.590. The van der Waals surface area contributed by atoms with E-state index in [1.807, 2.05) is 78.9 Å². The molecule has 1 saturated heterocycles. The first-order valence-corrected chi connectivity index (χ1v) is 10.4. The molecule has 4 rings (SSSR count). The van der Waals surface area contributed by atoms with Crippen molar-refractivity contribution in [3.8, 4) is 5.75 Å². The molecule has 0 unspecified atom stereocenters. The van der Waals surface area contributed by atoms with Gasteiger partial charge in [0, 0.05) is 0 Å². The van der Waals surface area contributed by atoms with E-state index in [4.69, 9.17) is 15.5 Å². The van der Waals surface area contributed by atoms with Crippen molar-refractivity contribution in [1.82, 2.24) is 0 Å². The molecular weight excluding hydrogens is 410 g/mol. The van der Waals surface area contributed by atoms with Gasteiger partial charge in [-0.15, -0.1) is 0 Å². The summed E-state index contributed by atoms with van der Waals surface area (Å²) in [5.74, 6) is -0.145. The predicted molar refractivity (Wildman–Crippen MR) is 124 cm³/mol. The van der Waals surface area contributed by atoms with Crippen LogP contribution in [0.25, 0.3) is 6.08 Å². The molecule has 154 valence electrons. The van der Waals surface area contributed by atoms with Crippen LogP contribution in [0, 0.1) is 0 Å². The maximum Gasteiger partial charge on any atom is 0.271 e. The Balaban J connectivity index is 1.64. The van der Waals surface area contributed by atoms with Crippen LogP contribution in [0.5, 0.6) is 5.75 Å². The summed E-state index contributed by atoms with van der Waals surface area (Å²) in [6.07, 6.45) is 1.81. The van der Waals surface area contributed by atoms with Crippen molar-refractivity contribution in [3.63, 3.8) is 0 Å². The van der Waals surface area contributed by atoms with Crippen LogP contribution in [0.4, 0.5) is 11.4 Å². The van der Waals surface area contributed by atoms with Crippen molar-refractivity contribution in [1.29, 1.82) is 0 Å². The predicted octanol–water partition coefficient (Wildman–Crippen LogP) is 4.36. The van der Waals surface area contributed by atoms with Crippen molar-refractivity contribution in [2.75, 3.05) is 11.5 Å². The zero-order valence-corrected chi connectivity index (χ0v) is 17.3. The number of hydrogen-bond donors (Lipinski definition) is 1. The van der Waals surface area contributed by atoms with Gasteiger partial charge in [-0.2, -0.15) is 0 Å². The van der Waals surface area contributed by atoms with Crippen molar-refractivity contribution in [3.05, 3.63) is 95.4 Å². The fraction of sp³-hybridized carbons (Fsp3) is 0.0417. The summed E-state index contributed by atoms with van der Waals surface area (Å²) in [6, 6.07) is 26.1. The number of rotatable bonds is 6. The number of para-hydroxylation sites is 2. The Morgan fingerprint density at radius 2 is 1.61 bits per heavy atom. The second-order valence-corrected chi connectivity index (χ2v) is 7.65. The number of ether oxygens (including phenoxy) is 1. The number of anilines is 1. The molecule has 0 bridgehead atoms. The zero-order chi connectivity index (χ0) is 21.6. The highest BCUT2D eigenvalue weighted by Crippen LogP contribution is 2.37. The Morgan fingerprint density at radius 3 is 2.26 bits per heavy atom. The number of nitrogens with two attached hydrogens (primary N) is 1. The van der Waals surface area contributed by atoms with Gasteiger partial charge in [0.25, 0.3) is 11.8 Å². The van der Waals surface area contributed by atoms with E-state index in [1.54, 1.807) is 17.0 Å². The highest BCUT2D eigenvalue weighted by Gasteiger charge is 2.34. The maximum atomic E-state index is 13.2. The van der Waals surface area contributed by atoms with Gasteiger partial charge in [-0.25, -0.2) is 4.99 Å². The molecule has 3 aromatic rings. The van der Waals surface area contributed by atoms with E-state index in [-0.39, 0.29) is 12.5 Å². The highest BCUT2D eigenvalue weighted by molar-refractivity contribution is 8.19. The van der Waals surface area contributed by atoms with E-state index in [2.05, 4.69) is 0 Å². The van der Waals surface area contributed by atoms with Gasteiger partial charge in [0.05, 0.1) is 16.3 Å². The van der Waals surface area contributed by atoms with Crippen LogP contribution in [0.15, 0.2) is 94.8 Å². The summed E-state index contributed by atoms with van der Waals surface area (Å²) in [7, 11) is 0. The van der Waals surface area contributed by atoms with Crippen molar-refractivity contribution in [2.24, 2.45) is 10.7 Å². The molecule has 1 fully saturated rings. The van der Waals surface area contributed by atoms with E-state index < -0.39 is 5.91 Å². The number of amidine groups is 1. The summed E-state index contributed by atoms with van der Waals surface area (Å²) in [6.45, 7) is -0.180. The minimum Gasteiger partial charge on any atom is -0.484 e. The first-order valence-electron chi connectivity index (χ1n) is 9.54. The van der Waals surface area contributed by atoms with Gasteiger partial charge in [0.2, 0.25) is 0 Å². The van der Waals surface area contributed by atoms with Crippen LogP contribution >= 0.6 is 11.8 Å². The second-order valence-electron chi connectivity index (χ2n) is 6.64. The third-order valence-corrected chi connectivity index (χ3v) is 5.33. The van der Waals surface area contributed by atoms with Gasteiger partial charge < -0.3 is 10.5 Å². The van der Waals surface area contributed by atoms with Crippen LogP contribution in [0.2, 0.25) is 0 Å². The molecule has 0 spiro atoms. The topological polar surface area (TPSA) is 85.0 Å². The standard InChI is InChI=1S/C24H19N3O3S/c25-22(28)16-30-20-13-11-17(12-14-20)15-21-23(29)27(19-9-5-2-6-10-19)24(31-21)26-18-7-3-1-4-8-18/h1-15H,16H2,(H2,25,28)/b21-15+,26-24?. The number of carbonyl (C=O) groups excluding carboxylic acids is 2. The smallest absolute Gasteiger partial charge is 0.271 e. The summed E-state index contributed by atoms with van der Waals surface area (Å²) in [4.78, 5) is 31.0. The Morgan fingerprint density at radius 1 is 0.968 bits per heavy atom. The SMILES string of the molecule is NC(=O)COc1ccc(/C=C2/SC(=Nc3ccccc3)N(c3ccccc3)C2=O)cc1. The molecule has 6 nitrogen and oxygen atoms in total. The molecule has 31 heavy (non-hydrogen) atoms. The lowest BCUT2D eigenvalue weighted by molar-refractivity contribution is -0.120.